The average molecular weight is 335 g/mol. The lowest BCUT2D eigenvalue weighted by molar-refractivity contribution is 0.0961. The van der Waals surface area contributed by atoms with E-state index in [1.807, 2.05) is 12.3 Å². The fourth-order valence-corrected chi connectivity index (χ4v) is 2.53. The highest BCUT2D eigenvalue weighted by Gasteiger charge is 2.12. The van der Waals surface area contributed by atoms with E-state index in [1.165, 1.54) is 11.8 Å². The molecule has 0 spiro atoms. The molecule has 0 unspecified atom stereocenters. The Morgan fingerprint density at radius 1 is 1.09 bits per heavy atom. The van der Waals surface area contributed by atoms with Crippen molar-refractivity contribution < 1.29 is 9.59 Å². The SMILES string of the molecule is CNC(=O)c1cccc(NC(=O)c2cc(SC)ccc2Cl)c1. The van der Waals surface area contributed by atoms with Crippen molar-refractivity contribution in [3.05, 3.63) is 58.6 Å². The number of benzene rings is 2. The van der Waals surface area contributed by atoms with Crippen molar-refractivity contribution in [2.24, 2.45) is 0 Å². The number of halogens is 1. The molecular weight excluding hydrogens is 320 g/mol. The van der Waals surface area contributed by atoms with Crippen LogP contribution in [-0.4, -0.2) is 25.1 Å². The van der Waals surface area contributed by atoms with Crippen molar-refractivity contribution in [3.8, 4) is 0 Å². The zero-order chi connectivity index (χ0) is 16.1. The minimum atomic E-state index is -0.310. The molecule has 4 nitrogen and oxygen atoms in total. The van der Waals surface area contributed by atoms with Gasteiger partial charge in [-0.1, -0.05) is 17.7 Å². The monoisotopic (exact) mass is 334 g/mol. The first kappa shape index (κ1) is 16.4. The van der Waals surface area contributed by atoms with Gasteiger partial charge in [0.2, 0.25) is 0 Å². The molecule has 0 atom stereocenters. The van der Waals surface area contributed by atoms with Gasteiger partial charge in [0.1, 0.15) is 0 Å². The largest absolute Gasteiger partial charge is 0.355 e. The predicted octanol–water partition coefficient (Wildman–Crippen LogP) is 3.67. The summed E-state index contributed by atoms with van der Waals surface area (Å²) in [6.45, 7) is 0. The second-order valence-electron chi connectivity index (χ2n) is 4.46. The first-order valence-electron chi connectivity index (χ1n) is 6.52. The molecule has 2 amide bonds. The fourth-order valence-electron chi connectivity index (χ4n) is 1.89. The Morgan fingerprint density at radius 2 is 1.86 bits per heavy atom. The molecule has 0 radical (unpaired) electrons. The molecule has 0 heterocycles. The highest BCUT2D eigenvalue weighted by molar-refractivity contribution is 7.98. The van der Waals surface area contributed by atoms with Crippen molar-refractivity contribution in [1.82, 2.24) is 5.32 Å². The molecule has 2 aromatic carbocycles. The van der Waals surface area contributed by atoms with E-state index in [2.05, 4.69) is 10.6 Å². The standard InChI is InChI=1S/C16H15ClN2O2S/c1-18-15(20)10-4-3-5-11(8-10)19-16(21)13-9-12(22-2)6-7-14(13)17/h3-9H,1-2H3,(H,18,20)(H,19,21). The molecule has 6 heteroatoms. The highest BCUT2D eigenvalue weighted by Crippen LogP contribution is 2.24. The van der Waals surface area contributed by atoms with Crippen molar-refractivity contribution in [1.29, 1.82) is 0 Å². The van der Waals surface area contributed by atoms with E-state index >= 15 is 0 Å². The summed E-state index contributed by atoms with van der Waals surface area (Å²) in [4.78, 5) is 24.9. The fraction of sp³-hybridized carbons (Fsp3) is 0.125. The Balaban J connectivity index is 2.24. The van der Waals surface area contributed by atoms with Crippen molar-refractivity contribution in [2.45, 2.75) is 4.90 Å². The molecule has 0 aliphatic heterocycles. The van der Waals surface area contributed by atoms with Crippen molar-refractivity contribution >= 4 is 40.9 Å². The maximum Gasteiger partial charge on any atom is 0.257 e. The molecule has 0 fully saturated rings. The van der Waals surface area contributed by atoms with Crippen LogP contribution in [0.3, 0.4) is 0 Å². The Morgan fingerprint density at radius 3 is 2.55 bits per heavy atom. The maximum absolute atomic E-state index is 12.3. The molecule has 0 aromatic heterocycles. The number of anilines is 1. The van der Waals surface area contributed by atoms with Gasteiger partial charge in [-0.05, 0) is 42.7 Å². The van der Waals surface area contributed by atoms with Crippen molar-refractivity contribution in [3.63, 3.8) is 0 Å². The van der Waals surface area contributed by atoms with Crippen LogP contribution < -0.4 is 10.6 Å². The Hall–Kier alpha value is -1.98. The zero-order valence-corrected chi connectivity index (χ0v) is 13.7. The molecule has 0 aliphatic rings. The van der Waals surface area contributed by atoms with Gasteiger partial charge < -0.3 is 10.6 Å². The van der Waals surface area contributed by atoms with E-state index < -0.39 is 0 Å². The molecule has 2 N–H and O–H groups in total. The van der Waals surface area contributed by atoms with E-state index in [0.717, 1.165) is 4.90 Å². The van der Waals surface area contributed by atoms with Crippen LogP contribution in [0.2, 0.25) is 5.02 Å². The maximum atomic E-state index is 12.3. The first-order valence-corrected chi connectivity index (χ1v) is 8.12. The van der Waals surface area contributed by atoms with Crippen LogP contribution in [-0.2, 0) is 0 Å². The second kappa shape index (κ2) is 7.33. The number of hydrogen-bond acceptors (Lipinski definition) is 3. The van der Waals surface area contributed by atoms with Crippen LogP contribution in [0.1, 0.15) is 20.7 Å². The van der Waals surface area contributed by atoms with Crippen LogP contribution in [0.25, 0.3) is 0 Å². The summed E-state index contributed by atoms with van der Waals surface area (Å²) in [6, 6.07) is 12.0. The molecule has 0 aliphatic carbocycles. The topological polar surface area (TPSA) is 58.2 Å². The number of rotatable bonds is 4. The van der Waals surface area contributed by atoms with Gasteiger partial charge in [-0.2, -0.15) is 0 Å². The number of amides is 2. The van der Waals surface area contributed by atoms with Crippen LogP contribution in [0, 0.1) is 0 Å². The minimum Gasteiger partial charge on any atom is -0.355 e. The van der Waals surface area contributed by atoms with Crippen LogP contribution in [0.4, 0.5) is 5.69 Å². The lowest BCUT2D eigenvalue weighted by Crippen LogP contribution is -2.18. The molecule has 0 saturated heterocycles. The molecule has 2 rings (SSSR count). The van der Waals surface area contributed by atoms with E-state index in [4.69, 9.17) is 11.6 Å². The van der Waals surface area contributed by atoms with Gasteiger partial charge >= 0.3 is 0 Å². The average Bonchev–Trinajstić information content (AvgIpc) is 2.54. The number of carbonyl (C=O) groups is 2. The molecule has 2 aromatic rings. The summed E-state index contributed by atoms with van der Waals surface area (Å²) in [5.41, 5.74) is 1.42. The highest BCUT2D eigenvalue weighted by atomic mass is 35.5. The van der Waals surface area contributed by atoms with Crippen LogP contribution in [0.15, 0.2) is 47.4 Å². The third kappa shape index (κ3) is 3.81. The Kier molecular flexibility index (Phi) is 5.46. The van der Waals surface area contributed by atoms with Crippen LogP contribution >= 0.6 is 23.4 Å². The summed E-state index contributed by atoms with van der Waals surface area (Å²) in [5, 5.41) is 5.69. The Labute approximate surface area is 138 Å². The quantitative estimate of drug-likeness (QED) is 0.839. The van der Waals surface area contributed by atoms with Gasteiger partial charge in [0, 0.05) is 23.2 Å². The summed E-state index contributed by atoms with van der Waals surface area (Å²) in [7, 11) is 1.56. The predicted molar refractivity (Wildman–Crippen MR) is 91.0 cm³/mol. The van der Waals surface area contributed by atoms with Gasteiger partial charge in [0.25, 0.3) is 11.8 Å². The summed E-state index contributed by atoms with van der Waals surface area (Å²) < 4.78 is 0. The lowest BCUT2D eigenvalue weighted by Gasteiger charge is -2.09. The number of carbonyl (C=O) groups excluding carboxylic acids is 2. The normalized spacial score (nSPS) is 10.1. The summed E-state index contributed by atoms with van der Waals surface area (Å²) in [5.74, 6) is -0.520. The number of hydrogen-bond donors (Lipinski definition) is 2. The molecule has 22 heavy (non-hydrogen) atoms. The van der Waals surface area contributed by atoms with E-state index in [1.54, 1.807) is 43.4 Å². The zero-order valence-electron chi connectivity index (χ0n) is 12.1. The lowest BCUT2D eigenvalue weighted by atomic mass is 10.1. The van der Waals surface area contributed by atoms with Gasteiger partial charge in [0.05, 0.1) is 10.6 Å². The van der Waals surface area contributed by atoms with E-state index in [0.29, 0.717) is 21.8 Å². The van der Waals surface area contributed by atoms with Crippen molar-refractivity contribution in [2.75, 3.05) is 18.6 Å². The smallest absolute Gasteiger partial charge is 0.257 e. The number of nitrogens with one attached hydrogen (secondary N) is 2. The molecule has 0 bridgehead atoms. The summed E-state index contributed by atoms with van der Waals surface area (Å²) in [6.07, 6.45) is 1.93. The van der Waals surface area contributed by atoms with E-state index in [-0.39, 0.29) is 11.8 Å². The third-order valence-corrected chi connectivity index (χ3v) is 4.08. The van der Waals surface area contributed by atoms with Gasteiger partial charge in [-0.3, -0.25) is 9.59 Å². The summed E-state index contributed by atoms with van der Waals surface area (Å²) >= 11 is 7.62. The minimum absolute atomic E-state index is 0.210. The third-order valence-electron chi connectivity index (χ3n) is 3.03. The van der Waals surface area contributed by atoms with Gasteiger partial charge in [-0.15, -0.1) is 11.8 Å². The molecule has 114 valence electrons. The molecular formula is C16H15ClN2O2S. The Bertz CT molecular complexity index is 719. The van der Waals surface area contributed by atoms with Gasteiger partial charge in [0.15, 0.2) is 0 Å². The first-order chi connectivity index (χ1) is 10.5. The molecule has 0 saturated carbocycles. The van der Waals surface area contributed by atoms with Gasteiger partial charge in [-0.25, -0.2) is 0 Å². The van der Waals surface area contributed by atoms with E-state index in [9.17, 15) is 9.59 Å². The second-order valence-corrected chi connectivity index (χ2v) is 5.75. The number of thioether (sulfide) groups is 1. The van der Waals surface area contributed by atoms with Crippen LogP contribution in [0.5, 0.6) is 0 Å².